The Balaban J connectivity index is 1.99. The van der Waals surface area contributed by atoms with E-state index < -0.39 is 12.1 Å². The zero-order chi connectivity index (χ0) is 18.4. The van der Waals surface area contributed by atoms with Crippen LogP contribution in [0.1, 0.15) is 22.8 Å². The molecular weight excluding hydrogens is 344 g/mol. The molecule has 0 aliphatic heterocycles. The van der Waals surface area contributed by atoms with Crippen molar-refractivity contribution in [2.24, 2.45) is 0 Å². The second-order valence-corrected chi connectivity index (χ2v) is 5.81. The van der Waals surface area contributed by atoms with Crippen molar-refractivity contribution in [1.82, 2.24) is 0 Å². The summed E-state index contributed by atoms with van der Waals surface area (Å²) in [6.07, 6.45) is -0.854. The third-order valence-corrected chi connectivity index (χ3v) is 3.85. The molecule has 0 unspecified atom stereocenters. The highest BCUT2D eigenvalue weighted by molar-refractivity contribution is 6.30. The Kier molecular flexibility index (Phi) is 6.42. The highest BCUT2D eigenvalue weighted by Gasteiger charge is 2.20. The molecule has 0 aliphatic rings. The highest BCUT2D eigenvalue weighted by atomic mass is 35.5. The lowest BCUT2D eigenvalue weighted by molar-refractivity contribution is -0.145. The van der Waals surface area contributed by atoms with Crippen molar-refractivity contribution in [3.8, 4) is 11.5 Å². The van der Waals surface area contributed by atoms with Gasteiger partial charge in [0.05, 0.1) is 20.6 Å². The number of methoxy groups -OCH3 is 2. The third kappa shape index (κ3) is 4.97. The molecule has 2 aromatic rings. The van der Waals surface area contributed by atoms with E-state index in [0.717, 1.165) is 0 Å². The van der Waals surface area contributed by atoms with Crippen LogP contribution in [0, 0.1) is 0 Å². The molecular formula is C19H19ClO5. The largest absolute Gasteiger partial charge is 0.493 e. The molecule has 0 saturated carbocycles. The van der Waals surface area contributed by atoms with Crippen LogP contribution in [0.5, 0.6) is 11.5 Å². The molecule has 0 radical (unpaired) electrons. The molecule has 0 bridgehead atoms. The molecule has 5 nitrogen and oxygen atoms in total. The van der Waals surface area contributed by atoms with Crippen molar-refractivity contribution in [3.05, 3.63) is 58.6 Å². The molecule has 0 fully saturated rings. The molecule has 0 amide bonds. The van der Waals surface area contributed by atoms with Gasteiger partial charge in [-0.15, -0.1) is 0 Å². The summed E-state index contributed by atoms with van der Waals surface area (Å²) in [5, 5.41) is 0.537. The van der Waals surface area contributed by atoms with E-state index in [-0.39, 0.29) is 12.2 Å². The van der Waals surface area contributed by atoms with E-state index in [9.17, 15) is 9.59 Å². The van der Waals surface area contributed by atoms with E-state index in [4.69, 9.17) is 25.8 Å². The van der Waals surface area contributed by atoms with Crippen molar-refractivity contribution in [2.75, 3.05) is 14.2 Å². The smallest absolute Gasteiger partial charge is 0.310 e. The summed E-state index contributed by atoms with van der Waals surface area (Å²) in [4.78, 5) is 24.4. The first-order valence-electron chi connectivity index (χ1n) is 7.64. The van der Waals surface area contributed by atoms with Gasteiger partial charge in [-0.1, -0.05) is 17.7 Å². The summed E-state index contributed by atoms with van der Waals surface area (Å²) in [5.74, 6) is 0.323. The molecule has 2 rings (SSSR count). The van der Waals surface area contributed by atoms with Crippen LogP contribution >= 0.6 is 11.6 Å². The van der Waals surface area contributed by atoms with E-state index >= 15 is 0 Å². The Morgan fingerprint density at radius 1 is 1.00 bits per heavy atom. The fourth-order valence-corrected chi connectivity index (χ4v) is 2.42. The van der Waals surface area contributed by atoms with Gasteiger partial charge in [0.2, 0.25) is 5.78 Å². The minimum absolute atomic E-state index is 0.0264. The number of carbonyl (C=O) groups is 2. The van der Waals surface area contributed by atoms with Crippen LogP contribution in [0.25, 0.3) is 0 Å². The molecule has 0 aromatic heterocycles. The number of benzene rings is 2. The van der Waals surface area contributed by atoms with Crippen molar-refractivity contribution in [3.63, 3.8) is 0 Å². The maximum atomic E-state index is 12.3. The predicted octanol–water partition coefficient (Wildman–Crippen LogP) is 3.71. The SMILES string of the molecule is COc1ccc(CC(=O)O[C@H](C)C(=O)c2ccc(Cl)cc2)cc1OC. The lowest BCUT2D eigenvalue weighted by atomic mass is 10.1. The molecule has 25 heavy (non-hydrogen) atoms. The van der Waals surface area contributed by atoms with E-state index in [1.165, 1.54) is 14.2 Å². The number of Topliss-reactive ketones (excluding diaryl/α,β-unsaturated/α-hetero) is 1. The Morgan fingerprint density at radius 2 is 1.64 bits per heavy atom. The standard InChI is InChI=1S/C19H19ClO5/c1-12(19(22)14-5-7-15(20)8-6-14)25-18(21)11-13-4-9-16(23-2)17(10-13)24-3/h4-10,12H,11H2,1-3H3/t12-/m1/s1. The van der Waals surface area contributed by atoms with Crippen molar-refractivity contribution < 1.29 is 23.8 Å². The lowest BCUT2D eigenvalue weighted by Crippen LogP contribution is -2.25. The van der Waals surface area contributed by atoms with Crippen molar-refractivity contribution in [2.45, 2.75) is 19.4 Å². The van der Waals surface area contributed by atoms with Gasteiger partial charge >= 0.3 is 5.97 Å². The van der Waals surface area contributed by atoms with Crippen LogP contribution in [0.4, 0.5) is 0 Å². The van der Waals surface area contributed by atoms with E-state index in [1.807, 2.05) is 0 Å². The van der Waals surface area contributed by atoms with Crippen LogP contribution in [0.3, 0.4) is 0 Å². The Morgan fingerprint density at radius 3 is 2.24 bits per heavy atom. The minimum atomic E-state index is -0.881. The second-order valence-electron chi connectivity index (χ2n) is 5.37. The average Bonchev–Trinajstić information content (AvgIpc) is 2.61. The van der Waals surface area contributed by atoms with E-state index in [0.29, 0.717) is 27.6 Å². The molecule has 0 aliphatic carbocycles. The fraction of sp³-hybridized carbons (Fsp3) is 0.263. The van der Waals surface area contributed by atoms with E-state index in [2.05, 4.69) is 0 Å². The molecule has 0 spiro atoms. The fourth-order valence-electron chi connectivity index (χ4n) is 2.30. The van der Waals surface area contributed by atoms with Gasteiger partial charge in [0.15, 0.2) is 17.6 Å². The summed E-state index contributed by atoms with van der Waals surface area (Å²) in [7, 11) is 3.06. The third-order valence-electron chi connectivity index (χ3n) is 3.60. The highest BCUT2D eigenvalue weighted by Crippen LogP contribution is 2.27. The van der Waals surface area contributed by atoms with Gasteiger partial charge in [-0.2, -0.15) is 0 Å². The van der Waals surface area contributed by atoms with Gasteiger partial charge in [-0.05, 0) is 48.9 Å². The minimum Gasteiger partial charge on any atom is -0.493 e. The summed E-state index contributed by atoms with van der Waals surface area (Å²) in [6.45, 7) is 1.55. The first-order valence-corrected chi connectivity index (χ1v) is 8.02. The number of ether oxygens (including phenoxy) is 3. The molecule has 0 saturated heterocycles. The average molecular weight is 363 g/mol. The van der Waals surface area contributed by atoms with Gasteiger partial charge in [-0.25, -0.2) is 0 Å². The Labute approximate surface area is 151 Å². The number of ketones is 1. The summed E-state index contributed by atoms with van der Waals surface area (Å²) in [5.41, 5.74) is 1.14. The van der Waals surface area contributed by atoms with Crippen LogP contribution < -0.4 is 9.47 Å². The summed E-state index contributed by atoms with van der Waals surface area (Å²) in [6, 6.07) is 11.6. The normalized spacial score (nSPS) is 11.5. The van der Waals surface area contributed by atoms with Gasteiger partial charge in [0.25, 0.3) is 0 Å². The quantitative estimate of drug-likeness (QED) is 0.555. The summed E-state index contributed by atoms with van der Waals surface area (Å²) < 4.78 is 15.6. The first kappa shape index (κ1) is 18.8. The number of hydrogen-bond acceptors (Lipinski definition) is 5. The number of halogens is 1. The van der Waals surface area contributed by atoms with Crippen LogP contribution in [-0.4, -0.2) is 32.1 Å². The van der Waals surface area contributed by atoms with Crippen LogP contribution in [0.15, 0.2) is 42.5 Å². The number of hydrogen-bond donors (Lipinski definition) is 0. The number of esters is 1. The van der Waals surface area contributed by atoms with E-state index in [1.54, 1.807) is 49.4 Å². The number of rotatable bonds is 7. The van der Waals surface area contributed by atoms with Crippen molar-refractivity contribution >= 4 is 23.4 Å². The van der Waals surface area contributed by atoms with Crippen LogP contribution in [0.2, 0.25) is 5.02 Å². The topological polar surface area (TPSA) is 61.8 Å². The molecule has 132 valence electrons. The maximum absolute atomic E-state index is 12.3. The van der Waals surface area contributed by atoms with Gasteiger partial charge < -0.3 is 14.2 Å². The summed E-state index contributed by atoms with van der Waals surface area (Å²) >= 11 is 5.80. The molecule has 0 N–H and O–H groups in total. The van der Waals surface area contributed by atoms with Gasteiger partial charge in [-0.3, -0.25) is 9.59 Å². The first-order chi connectivity index (χ1) is 11.9. The van der Waals surface area contributed by atoms with Gasteiger partial charge in [0.1, 0.15) is 0 Å². The lowest BCUT2D eigenvalue weighted by Gasteiger charge is -2.13. The Hall–Kier alpha value is -2.53. The molecule has 1 atom stereocenters. The predicted molar refractivity (Wildman–Crippen MR) is 94.6 cm³/mol. The second kappa shape index (κ2) is 8.53. The molecule has 6 heteroatoms. The van der Waals surface area contributed by atoms with Gasteiger partial charge in [0, 0.05) is 10.6 Å². The number of carbonyl (C=O) groups excluding carboxylic acids is 2. The monoisotopic (exact) mass is 362 g/mol. The van der Waals surface area contributed by atoms with Crippen molar-refractivity contribution in [1.29, 1.82) is 0 Å². The zero-order valence-electron chi connectivity index (χ0n) is 14.2. The van der Waals surface area contributed by atoms with Crippen LogP contribution in [-0.2, 0) is 16.0 Å². The maximum Gasteiger partial charge on any atom is 0.310 e. The molecule has 2 aromatic carbocycles. The molecule has 0 heterocycles. The Bertz CT molecular complexity index is 755. The zero-order valence-corrected chi connectivity index (χ0v) is 15.0.